The van der Waals surface area contributed by atoms with Gasteiger partial charge in [0.15, 0.2) is 6.10 Å². The number of hydrogen-bond acceptors (Lipinski definition) is 5. The zero-order valence-corrected chi connectivity index (χ0v) is 11.0. The van der Waals surface area contributed by atoms with Gasteiger partial charge in [-0.2, -0.15) is 0 Å². The summed E-state index contributed by atoms with van der Waals surface area (Å²) in [5, 5.41) is 11.9. The van der Waals surface area contributed by atoms with Gasteiger partial charge in [-0.15, -0.1) is 0 Å². The van der Waals surface area contributed by atoms with Crippen molar-refractivity contribution < 1.29 is 14.6 Å². The van der Waals surface area contributed by atoms with E-state index in [-0.39, 0.29) is 11.7 Å². The highest BCUT2D eigenvalue weighted by molar-refractivity contribution is 5.72. The number of nitrogens with zero attached hydrogens (tertiary/aromatic N) is 1. The van der Waals surface area contributed by atoms with Gasteiger partial charge in [-0.25, -0.2) is 9.78 Å². The zero-order chi connectivity index (χ0) is 14.1. The topological polar surface area (TPSA) is 104 Å². The van der Waals surface area contributed by atoms with E-state index in [9.17, 15) is 9.59 Å². The summed E-state index contributed by atoms with van der Waals surface area (Å²) in [6.45, 7) is 0.463. The van der Waals surface area contributed by atoms with Gasteiger partial charge >= 0.3 is 5.97 Å². The quantitative estimate of drug-likeness (QED) is 0.732. The lowest BCUT2D eigenvalue weighted by Crippen LogP contribution is -2.25. The molecule has 1 aromatic rings. The number of carboxylic acid groups (broad SMARTS) is 1. The Morgan fingerprint density at radius 3 is 2.90 bits per heavy atom. The molecule has 7 heteroatoms. The summed E-state index contributed by atoms with van der Waals surface area (Å²) in [5.41, 5.74) is -0.167. The monoisotopic (exact) mass is 279 g/mol. The number of anilines is 1. The van der Waals surface area contributed by atoms with E-state index in [2.05, 4.69) is 15.3 Å². The maximum Gasteiger partial charge on any atom is 0.332 e. The lowest BCUT2D eigenvalue weighted by atomic mass is 10.2. The number of ether oxygens (including phenoxy) is 1. The van der Waals surface area contributed by atoms with Crippen LogP contribution in [0.1, 0.15) is 37.4 Å². The highest BCUT2D eigenvalue weighted by Gasteiger charge is 2.30. The number of carboxylic acids is 1. The number of aromatic nitrogens is 2. The molecule has 2 heterocycles. The number of aliphatic carboxylic acids is 1. The van der Waals surface area contributed by atoms with E-state index >= 15 is 0 Å². The van der Waals surface area contributed by atoms with Gasteiger partial charge in [0.05, 0.1) is 6.10 Å². The van der Waals surface area contributed by atoms with E-state index in [0.717, 1.165) is 18.7 Å². The molecule has 0 aromatic carbocycles. The lowest BCUT2D eigenvalue weighted by Gasteiger charge is -2.13. The Hall–Kier alpha value is -1.89. The molecule has 7 nitrogen and oxygen atoms in total. The Labute approximate surface area is 115 Å². The summed E-state index contributed by atoms with van der Waals surface area (Å²) >= 11 is 0. The Bertz CT molecular complexity index is 567. The first kappa shape index (κ1) is 13.1. The molecule has 108 valence electrons. The fourth-order valence-corrected chi connectivity index (χ4v) is 2.37. The molecular formula is C13H17N3O4. The highest BCUT2D eigenvalue weighted by Crippen LogP contribution is 2.37. The summed E-state index contributed by atoms with van der Waals surface area (Å²) in [6.07, 6.45) is 2.50. The van der Waals surface area contributed by atoms with Gasteiger partial charge in [-0.05, 0) is 25.7 Å². The second-order valence-corrected chi connectivity index (χ2v) is 5.33. The fraction of sp³-hybridized carbons (Fsp3) is 0.615. The van der Waals surface area contributed by atoms with Crippen molar-refractivity contribution in [3.05, 3.63) is 22.2 Å². The Morgan fingerprint density at radius 1 is 1.45 bits per heavy atom. The molecular weight excluding hydrogens is 262 g/mol. The van der Waals surface area contributed by atoms with Crippen LogP contribution >= 0.6 is 0 Å². The third-order valence-electron chi connectivity index (χ3n) is 3.62. The average molecular weight is 279 g/mol. The Morgan fingerprint density at radius 2 is 2.25 bits per heavy atom. The minimum absolute atomic E-state index is 0.151. The maximum atomic E-state index is 11.5. The van der Waals surface area contributed by atoms with Crippen LogP contribution in [-0.2, 0) is 9.53 Å². The number of H-pyrrole nitrogens is 1. The second kappa shape index (κ2) is 5.24. The minimum atomic E-state index is -0.919. The smallest absolute Gasteiger partial charge is 0.332 e. The van der Waals surface area contributed by atoms with E-state index in [0.29, 0.717) is 31.1 Å². The van der Waals surface area contributed by atoms with Crippen molar-refractivity contribution in [1.82, 2.24) is 9.97 Å². The summed E-state index contributed by atoms with van der Waals surface area (Å²) in [4.78, 5) is 29.4. The van der Waals surface area contributed by atoms with Crippen LogP contribution in [-0.4, -0.2) is 39.8 Å². The molecule has 1 aromatic heterocycles. The van der Waals surface area contributed by atoms with Crippen molar-refractivity contribution in [2.24, 2.45) is 0 Å². The summed E-state index contributed by atoms with van der Waals surface area (Å²) in [5.74, 6) is 0.718. The molecule has 1 aliphatic heterocycles. The van der Waals surface area contributed by atoms with E-state index < -0.39 is 12.1 Å². The van der Waals surface area contributed by atoms with Crippen LogP contribution < -0.4 is 10.9 Å². The van der Waals surface area contributed by atoms with E-state index in [1.165, 1.54) is 6.07 Å². The molecule has 1 aliphatic carbocycles. The zero-order valence-electron chi connectivity index (χ0n) is 11.0. The molecule has 20 heavy (non-hydrogen) atoms. The van der Waals surface area contributed by atoms with Crippen LogP contribution in [0.4, 0.5) is 5.82 Å². The largest absolute Gasteiger partial charge is 0.479 e. The molecule has 0 spiro atoms. The van der Waals surface area contributed by atoms with Gasteiger partial charge in [0.2, 0.25) is 0 Å². The van der Waals surface area contributed by atoms with Crippen molar-refractivity contribution >= 4 is 11.8 Å². The second-order valence-electron chi connectivity index (χ2n) is 5.33. The van der Waals surface area contributed by atoms with Crippen molar-refractivity contribution in [2.75, 3.05) is 11.9 Å². The van der Waals surface area contributed by atoms with Gasteiger partial charge in [0.1, 0.15) is 11.6 Å². The molecule has 0 radical (unpaired) electrons. The minimum Gasteiger partial charge on any atom is -0.479 e. The summed E-state index contributed by atoms with van der Waals surface area (Å²) in [7, 11) is 0. The van der Waals surface area contributed by atoms with Crippen molar-refractivity contribution in [3.8, 4) is 0 Å². The SMILES string of the molecule is O=C(O)C1CCC(CNc2cc(=O)[nH]c(C3CC3)n2)O1. The number of aromatic amines is 1. The maximum absolute atomic E-state index is 11.5. The van der Waals surface area contributed by atoms with Crippen LogP contribution in [0.2, 0.25) is 0 Å². The number of hydrogen-bond donors (Lipinski definition) is 3. The van der Waals surface area contributed by atoms with Crippen molar-refractivity contribution in [2.45, 2.75) is 43.8 Å². The van der Waals surface area contributed by atoms with Gasteiger partial charge in [-0.3, -0.25) is 4.79 Å². The first-order valence-electron chi connectivity index (χ1n) is 6.85. The summed E-state index contributed by atoms with van der Waals surface area (Å²) in [6, 6.07) is 1.41. The van der Waals surface area contributed by atoms with Gasteiger partial charge < -0.3 is 20.1 Å². The predicted octanol–water partition coefficient (Wildman–Crippen LogP) is 0.691. The normalized spacial score (nSPS) is 25.6. The first-order chi connectivity index (χ1) is 9.61. The molecule has 3 rings (SSSR count). The van der Waals surface area contributed by atoms with Gasteiger partial charge in [0.25, 0.3) is 5.56 Å². The van der Waals surface area contributed by atoms with E-state index in [4.69, 9.17) is 9.84 Å². The molecule has 2 unspecified atom stereocenters. The number of nitrogens with one attached hydrogen (secondary N) is 2. The van der Waals surface area contributed by atoms with Gasteiger partial charge in [0, 0.05) is 18.5 Å². The van der Waals surface area contributed by atoms with Crippen molar-refractivity contribution in [1.29, 1.82) is 0 Å². The van der Waals surface area contributed by atoms with Crippen LogP contribution in [0.5, 0.6) is 0 Å². The molecule has 0 bridgehead atoms. The van der Waals surface area contributed by atoms with Crippen LogP contribution in [0.25, 0.3) is 0 Å². The van der Waals surface area contributed by atoms with E-state index in [1.807, 2.05) is 0 Å². The van der Waals surface area contributed by atoms with Crippen LogP contribution in [0.3, 0.4) is 0 Å². The molecule has 0 amide bonds. The first-order valence-corrected chi connectivity index (χ1v) is 6.85. The average Bonchev–Trinajstić information content (AvgIpc) is 3.14. The number of carbonyl (C=O) groups is 1. The van der Waals surface area contributed by atoms with Crippen LogP contribution in [0.15, 0.2) is 10.9 Å². The van der Waals surface area contributed by atoms with E-state index in [1.54, 1.807) is 0 Å². The fourth-order valence-electron chi connectivity index (χ4n) is 2.37. The molecule has 1 saturated carbocycles. The summed E-state index contributed by atoms with van der Waals surface area (Å²) < 4.78 is 5.39. The third kappa shape index (κ3) is 2.98. The molecule has 2 aliphatic rings. The molecule has 1 saturated heterocycles. The molecule has 2 atom stereocenters. The highest BCUT2D eigenvalue weighted by atomic mass is 16.5. The third-order valence-corrected chi connectivity index (χ3v) is 3.62. The van der Waals surface area contributed by atoms with Crippen LogP contribution in [0, 0.1) is 0 Å². The molecule has 2 fully saturated rings. The Balaban J connectivity index is 1.58. The Kier molecular flexibility index (Phi) is 3.43. The van der Waals surface area contributed by atoms with Gasteiger partial charge in [-0.1, -0.05) is 0 Å². The standard InChI is InChI=1S/C13H17N3O4/c17-11-5-10(15-12(16-11)7-1-2-7)14-6-8-3-4-9(20-8)13(18)19/h5,7-9H,1-4,6H2,(H,18,19)(H2,14,15,16,17). The lowest BCUT2D eigenvalue weighted by molar-refractivity contribution is -0.149. The predicted molar refractivity (Wildman–Crippen MR) is 70.9 cm³/mol. The molecule has 3 N–H and O–H groups in total. The van der Waals surface area contributed by atoms with Crippen molar-refractivity contribution in [3.63, 3.8) is 0 Å². The number of rotatable bonds is 5.